The van der Waals surface area contributed by atoms with E-state index in [1.807, 2.05) is 0 Å². The van der Waals surface area contributed by atoms with Gasteiger partial charge in [0.05, 0.1) is 5.69 Å². The van der Waals surface area contributed by atoms with E-state index in [1.54, 1.807) is 0 Å². The van der Waals surface area contributed by atoms with Crippen molar-refractivity contribution in [1.82, 2.24) is 4.98 Å². The summed E-state index contributed by atoms with van der Waals surface area (Å²) in [6.07, 6.45) is 1.06. The van der Waals surface area contributed by atoms with Crippen LogP contribution >= 0.6 is 0 Å². The number of anilines is 1. The Morgan fingerprint density at radius 2 is 2.29 bits per heavy atom. The summed E-state index contributed by atoms with van der Waals surface area (Å²) < 4.78 is 12.7. The summed E-state index contributed by atoms with van der Waals surface area (Å²) in [5, 5.41) is 8.77. The lowest BCUT2D eigenvalue weighted by atomic mass is 9.95. The minimum Gasteiger partial charge on any atom is -0.480 e. The van der Waals surface area contributed by atoms with Crippen molar-refractivity contribution >= 4 is 11.7 Å². The molecule has 0 radical (unpaired) electrons. The fourth-order valence-electron chi connectivity index (χ4n) is 0.873. The Morgan fingerprint density at radius 3 is 2.71 bits per heavy atom. The Labute approximate surface area is 79.5 Å². The molecule has 1 aromatic heterocycles. The number of carboxylic acids is 1. The topological polar surface area (TPSA) is 102 Å². The predicted molar refractivity (Wildman–Crippen MR) is 47.8 cm³/mol. The third-order valence-corrected chi connectivity index (χ3v) is 1.91. The molecule has 0 aliphatic carbocycles. The Hall–Kier alpha value is -1.69. The molecule has 1 atom stereocenters. The number of hydrogen-bond donors (Lipinski definition) is 3. The molecular formula is C8H10FN3O2. The standard InChI is InChI=1S/C8H10FN3O2/c1-8(11,7(13)14)4-2-5(10)6(9)12-3-4/h2-3H,10-11H2,1H3,(H,13,14). The van der Waals surface area contributed by atoms with E-state index in [9.17, 15) is 9.18 Å². The Kier molecular flexibility index (Phi) is 2.39. The van der Waals surface area contributed by atoms with Gasteiger partial charge >= 0.3 is 5.97 Å². The van der Waals surface area contributed by atoms with Crippen LogP contribution in [-0.4, -0.2) is 16.1 Å². The average Bonchev–Trinajstić information content (AvgIpc) is 2.09. The van der Waals surface area contributed by atoms with Crippen LogP contribution in [0, 0.1) is 5.95 Å². The van der Waals surface area contributed by atoms with E-state index in [1.165, 1.54) is 6.92 Å². The van der Waals surface area contributed by atoms with Crippen LogP contribution in [0.4, 0.5) is 10.1 Å². The molecule has 1 rings (SSSR count). The van der Waals surface area contributed by atoms with E-state index in [4.69, 9.17) is 16.6 Å². The van der Waals surface area contributed by atoms with Gasteiger partial charge in [0, 0.05) is 11.8 Å². The summed E-state index contributed by atoms with van der Waals surface area (Å²) >= 11 is 0. The molecule has 0 saturated carbocycles. The summed E-state index contributed by atoms with van der Waals surface area (Å²) in [5.74, 6) is -2.07. The zero-order valence-electron chi connectivity index (χ0n) is 7.49. The minimum absolute atomic E-state index is 0.156. The van der Waals surface area contributed by atoms with Crippen LogP contribution in [0.5, 0.6) is 0 Å². The molecule has 0 bridgehead atoms. The molecule has 14 heavy (non-hydrogen) atoms. The summed E-state index contributed by atoms with van der Waals surface area (Å²) in [7, 11) is 0. The highest BCUT2D eigenvalue weighted by Crippen LogP contribution is 2.20. The van der Waals surface area contributed by atoms with E-state index < -0.39 is 17.5 Å². The van der Waals surface area contributed by atoms with Crippen molar-refractivity contribution in [2.45, 2.75) is 12.5 Å². The third kappa shape index (κ3) is 1.64. The number of aliphatic carboxylic acids is 1. The smallest absolute Gasteiger partial charge is 0.328 e. The summed E-state index contributed by atoms with van der Waals surface area (Å²) in [5.41, 5.74) is 9.03. The molecule has 1 unspecified atom stereocenters. The van der Waals surface area contributed by atoms with Crippen LogP contribution in [-0.2, 0) is 10.3 Å². The SMILES string of the molecule is CC(N)(C(=O)O)c1cnc(F)c(N)c1. The van der Waals surface area contributed by atoms with Gasteiger partial charge in [-0.2, -0.15) is 4.39 Å². The summed E-state index contributed by atoms with van der Waals surface area (Å²) in [6, 6.07) is 1.16. The molecule has 0 aromatic carbocycles. The maximum absolute atomic E-state index is 12.7. The minimum atomic E-state index is -1.62. The van der Waals surface area contributed by atoms with Crippen LogP contribution in [0.25, 0.3) is 0 Å². The molecule has 0 amide bonds. The highest BCUT2D eigenvalue weighted by atomic mass is 19.1. The first-order valence-electron chi connectivity index (χ1n) is 3.79. The van der Waals surface area contributed by atoms with Crippen molar-refractivity contribution in [1.29, 1.82) is 0 Å². The molecule has 0 aliphatic rings. The number of aromatic nitrogens is 1. The van der Waals surface area contributed by atoms with Gasteiger partial charge in [0.25, 0.3) is 0 Å². The number of hydrogen-bond acceptors (Lipinski definition) is 4. The summed E-state index contributed by atoms with van der Waals surface area (Å²) in [4.78, 5) is 14.0. The zero-order valence-corrected chi connectivity index (χ0v) is 7.49. The van der Waals surface area contributed by atoms with Crippen LogP contribution in [0.15, 0.2) is 12.3 Å². The van der Waals surface area contributed by atoms with E-state index in [2.05, 4.69) is 4.98 Å². The van der Waals surface area contributed by atoms with Crippen molar-refractivity contribution in [2.24, 2.45) is 5.73 Å². The molecule has 0 fully saturated rings. The highest BCUT2D eigenvalue weighted by molar-refractivity contribution is 5.80. The second-order valence-corrected chi connectivity index (χ2v) is 3.11. The molecule has 76 valence electrons. The zero-order chi connectivity index (χ0) is 10.9. The Bertz CT molecular complexity index is 379. The maximum atomic E-state index is 12.7. The quantitative estimate of drug-likeness (QED) is 0.584. The van der Waals surface area contributed by atoms with Crippen molar-refractivity contribution in [3.05, 3.63) is 23.8 Å². The van der Waals surface area contributed by atoms with Crippen LogP contribution in [0.3, 0.4) is 0 Å². The van der Waals surface area contributed by atoms with Gasteiger partial charge in [-0.1, -0.05) is 0 Å². The lowest BCUT2D eigenvalue weighted by molar-refractivity contribution is -0.143. The molecule has 0 aliphatic heterocycles. The fourth-order valence-corrected chi connectivity index (χ4v) is 0.873. The maximum Gasteiger partial charge on any atom is 0.328 e. The lowest BCUT2D eigenvalue weighted by Crippen LogP contribution is -2.41. The van der Waals surface area contributed by atoms with Gasteiger partial charge in [0.15, 0.2) is 0 Å². The number of pyridine rings is 1. The molecule has 5 N–H and O–H groups in total. The van der Waals surface area contributed by atoms with Gasteiger partial charge in [-0.15, -0.1) is 0 Å². The first-order valence-corrected chi connectivity index (χ1v) is 3.79. The molecule has 1 heterocycles. The number of nitrogen functional groups attached to an aromatic ring is 1. The van der Waals surface area contributed by atoms with E-state index in [0.29, 0.717) is 0 Å². The van der Waals surface area contributed by atoms with Crippen molar-refractivity contribution in [3.8, 4) is 0 Å². The van der Waals surface area contributed by atoms with E-state index in [-0.39, 0.29) is 11.3 Å². The molecule has 5 nitrogen and oxygen atoms in total. The van der Waals surface area contributed by atoms with Gasteiger partial charge in [0.1, 0.15) is 5.54 Å². The molecule has 6 heteroatoms. The molecule has 0 saturated heterocycles. The largest absolute Gasteiger partial charge is 0.480 e. The predicted octanol–water partition coefficient (Wildman–Crippen LogP) is 0.0614. The van der Waals surface area contributed by atoms with Gasteiger partial charge in [-0.3, -0.25) is 0 Å². The highest BCUT2D eigenvalue weighted by Gasteiger charge is 2.31. The number of rotatable bonds is 2. The van der Waals surface area contributed by atoms with E-state index in [0.717, 1.165) is 12.3 Å². The number of nitrogens with two attached hydrogens (primary N) is 2. The molecular weight excluding hydrogens is 189 g/mol. The third-order valence-electron chi connectivity index (χ3n) is 1.91. The van der Waals surface area contributed by atoms with Crippen LogP contribution < -0.4 is 11.5 Å². The van der Waals surface area contributed by atoms with Gasteiger partial charge < -0.3 is 16.6 Å². The number of halogens is 1. The van der Waals surface area contributed by atoms with Crippen LogP contribution in [0.2, 0.25) is 0 Å². The Balaban J connectivity index is 3.21. The Morgan fingerprint density at radius 1 is 1.71 bits per heavy atom. The average molecular weight is 199 g/mol. The van der Waals surface area contributed by atoms with Crippen molar-refractivity contribution in [3.63, 3.8) is 0 Å². The number of carboxylic acid groups (broad SMARTS) is 1. The van der Waals surface area contributed by atoms with Gasteiger partial charge in [0.2, 0.25) is 5.95 Å². The van der Waals surface area contributed by atoms with Gasteiger partial charge in [-0.25, -0.2) is 9.78 Å². The number of nitrogens with zero attached hydrogens (tertiary/aromatic N) is 1. The van der Waals surface area contributed by atoms with Crippen molar-refractivity contribution in [2.75, 3.05) is 5.73 Å². The van der Waals surface area contributed by atoms with Crippen LogP contribution in [0.1, 0.15) is 12.5 Å². The normalized spacial score (nSPS) is 14.8. The second kappa shape index (κ2) is 3.22. The molecule has 0 spiro atoms. The second-order valence-electron chi connectivity index (χ2n) is 3.11. The summed E-state index contributed by atoms with van der Waals surface area (Å²) in [6.45, 7) is 1.28. The fraction of sp³-hybridized carbons (Fsp3) is 0.250. The first-order chi connectivity index (χ1) is 6.35. The van der Waals surface area contributed by atoms with E-state index >= 15 is 0 Å². The van der Waals surface area contributed by atoms with Gasteiger partial charge in [-0.05, 0) is 13.0 Å². The lowest BCUT2D eigenvalue weighted by Gasteiger charge is -2.19. The molecule has 1 aromatic rings. The number of carbonyl (C=O) groups is 1. The monoisotopic (exact) mass is 199 g/mol. The first kappa shape index (κ1) is 10.4. The van der Waals surface area contributed by atoms with Crippen molar-refractivity contribution < 1.29 is 14.3 Å².